The summed E-state index contributed by atoms with van der Waals surface area (Å²) in [4.78, 5) is 0. The van der Waals surface area contributed by atoms with Crippen LogP contribution in [0.3, 0.4) is 0 Å². The van der Waals surface area contributed by atoms with E-state index in [2.05, 4.69) is 31.9 Å². The summed E-state index contributed by atoms with van der Waals surface area (Å²) in [6, 6.07) is 1.93. The molecule has 0 atom stereocenters. The summed E-state index contributed by atoms with van der Waals surface area (Å²) in [5.41, 5.74) is -0.321. The maximum atomic E-state index is 13.4. The molecule has 0 unspecified atom stereocenters. The molecule has 2 aliphatic carbocycles. The molecule has 0 radical (unpaired) electrons. The number of rotatable bonds is 0. The van der Waals surface area contributed by atoms with Crippen molar-refractivity contribution >= 4 is 37.7 Å². The summed E-state index contributed by atoms with van der Waals surface area (Å²) < 4.78 is 93.1. The summed E-state index contributed by atoms with van der Waals surface area (Å²) in [5, 5.41) is 0. The molecule has 0 amide bonds. The van der Waals surface area contributed by atoms with Crippen LogP contribution in [0.5, 0.6) is 0 Å². The second-order valence-electron chi connectivity index (χ2n) is 6.66. The van der Waals surface area contributed by atoms with Gasteiger partial charge in [0.15, 0.2) is 23.3 Å². The van der Waals surface area contributed by atoms with Gasteiger partial charge in [-0.05, 0) is 55.0 Å². The number of benzene rings is 2. The Kier molecular flexibility index (Phi) is 6.48. The van der Waals surface area contributed by atoms with E-state index < -0.39 is 47.0 Å². The van der Waals surface area contributed by atoms with Gasteiger partial charge in [-0.15, -0.1) is 0 Å². The average Bonchev–Trinajstić information content (AvgIpc) is 2.64. The lowest BCUT2D eigenvalue weighted by molar-refractivity contribution is -0.0259. The molecule has 0 spiro atoms. The van der Waals surface area contributed by atoms with Gasteiger partial charge in [-0.1, -0.05) is 31.9 Å². The molecule has 4 rings (SSSR count). The molecule has 0 saturated heterocycles. The van der Waals surface area contributed by atoms with Gasteiger partial charge in [0.1, 0.15) is 5.83 Å². The second kappa shape index (κ2) is 8.41. The SMILES string of the molecule is FC1=CCCc2c(Br)cc(F)c(F)c21.Fc1cc(Br)c2c(c1F)C(F)(F)CCC2. The average molecular weight is 546 g/mol. The Labute approximate surface area is 179 Å². The fourth-order valence-electron chi connectivity index (χ4n) is 3.44. The Morgan fingerprint density at radius 3 is 2.03 bits per heavy atom. The molecule has 0 heterocycles. The highest BCUT2D eigenvalue weighted by atomic mass is 79.9. The molecule has 0 nitrogen and oxygen atoms in total. The van der Waals surface area contributed by atoms with Crippen molar-refractivity contribution in [3.8, 4) is 0 Å². The van der Waals surface area contributed by atoms with Crippen molar-refractivity contribution in [1.29, 1.82) is 0 Å². The zero-order valence-electron chi connectivity index (χ0n) is 14.7. The normalized spacial score (nSPS) is 16.9. The topological polar surface area (TPSA) is 0 Å². The van der Waals surface area contributed by atoms with Crippen molar-refractivity contribution in [3.63, 3.8) is 0 Å². The standard InChI is InChI=1S/C10H7BrF4.C10H6BrF3/c11-6-4-7(12)9(13)8-5(6)2-1-3-10(8,14)15;11-6-4-8(13)10(14)9-5(6)2-1-3-7(9)12/h4H,1-3H2;3-4H,1-2H2. The Balaban J connectivity index is 0.000000166. The molecule has 2 aromatic rings. The monoisotopic (exact) mass is 544 g/mol. The number of alkyl halides is 2. The quantitative estimate of drug-likeness (QED) is 0.231. The highest BCUT2D eigenvalue weighted by Crippen LogP contribution is 2.44. The first kappa shape index (κ1) is 22.3. The van der Waals surface area contributed by atoms with Crippen LogP contribution < -0.4 is 0 Å². The first-order valence-corrected chi connectivity index (χ1v) is 10.2. The fourth-order valence-corrected chi connectivity index (χ4v) is 4.64. The number of fused-ring (bicyclic) bond motifs is 2. The van der Waals surface area contributed by atoms with Crippen LogP contribution in [0.15, 0.2) is 27.2 Å². The van der Waals surface area contributed by atoms with Gasteiger partial charge >= 0.3 is 0 Å². The molecule has 0 N–H and O–H groups in total. The van der Waals surface area contributed by atoms with Crippen molar-refractivity contribution in [3.05, 3.63) is 72.7 Å². The maximum Gasteiger partial charge on any atom is 0.276 e. The highest BCUT2D eigenvalue weighted by molar-refractivity contribution is 9.10. The van der Waals surface area contributed by atoms with Gasteiger partial charge in [0, 0.05) is 15.4 Å². The predicted octanol–water partition coefficient (Wildman–Crippen LogP) is 8.14. The van der Waals surface area contributed by atoms with E-state index in [4.69, 9.17) is 0 Å². The molecule has 0 bridgehead atoms. The Bertz CT molecular complexity index is 999. The lowest BCUT2D eigenvalue weighted by atomic mass is 9.88. The molecule has 0 aliphatic heterocycles. The van der Waals surface area contributed by atoms with E-state index in [0.717, 1.165) is 12.1 Å². The third-order valence-corrected chi connectivity index (χ3v) is 6.20. The van der Waals surface area contributed by atoms with Crippen molar-refractivity contribution < 1.29 is 30.7 Å². The van der Waals surface area contributed by atoms with E-state index in [0.29, 0.717) is 29.3 Å². The third-order valence-electron chi connectivity index (χ3n) is 4.79. The minimum atomic E-state index is -3.26. The smallest absolute Gasteiger partial charge is 0.207 e. The molecule has 2 aliphatic rings. The fraction of sp³-hybridized carbons (Fsp3) is 0.300. The highest BCUT2D eigenvalue weighted by Gasteiger charge is 2.41. The zero-order chi connectivity index (χ0) is 21.5. The van der Waals surface area contributed by atoms with E-state index in [1.807, 2.05) is 0 Å². The number of halogens is 9. The van der Waals surface area contributed by atoms with E-state index in [1.54, 1.807) is 0 Å². The van der Waals surface area contributed by atoms with Gasteiger partial charge in [0.25, 0.3) is 5.92 Å². The molecular weight excluding hydrogens is 533 g/mol. The second-order valence-corrected chi connectivity index (χ2v) is 8.37. The van der Waals surface area contributed by atoms with E-state index in [-0.39, 0.29) is 22.0 Å². The summed E-state index contributed by atoms with van der Waals surface area (Å²) >= 11 is 6.07. The molecule has 9 heteroatoms. The van der Waals surface area contributed by atoms with Crippen LogP contribution in [-0.2, 0) is 18.8 Å². The summed E-state index contributed by atoms with van der Waals surface area (Å²) in [6.45, 7) is 0. The zero-order valence-corrected chi connectivity index (χ0v) is 17.8. The van der Waals surface area contributed by atoms with Crippen LogP contribution in [0.2, 0.25) is 0 Å². The van der Waals surface area contributed by atoms with Crippen molar-refractivity contribution in [2.75, 3.05) is 0 Å². The van der Waals surface area contributed by atoms with Gasteiger partial charge in [0.2, 0.25) is 0 Å². The van der Waals surface area contributed by atoms with Gasteiger partial charge in [-0.3, -0.25) is 0 Å². The molecule has 0 saturated carbocycles. The number of hydrogen-bond acceptors (Lipinski definition) is 0. The first-order valence-electron chi connectivity index (χ1n) is 8.61. The van der Waals surface area contributed by atoms with Crippen molar-refractivity contribution in [2.24, 2.45) is 0 Å². The van der Waals surface area contributed by atoms with Crippen LogP contribution in [0.25, 0.3) is 5.83 Å². The maximum absolute atomic E-state index is 13.4. The minimum absolute atomic E-state index is 0.185. The summed E-state index contributed by atoms with van der Waals surface area (Å²) in [5.74, 6) is -8.72. The van der Waals surface area contributed by atoms with E-state index >= 15 is 0 Å². The van der Waals surface area contributed by atoms with Crippen LogP contribution in [0.4, 0.5) is 30.7 Å². The van der Waals surface area contributed by atoms with Crippen molar-refractivity contribution in [1.82, 2.24) is 0 Å². The largest absolute Gasteiger partial charge is 0.276 e. The third kappa shape index (κ3) is 4.26. The number of hydrogen-bond donors (Lipinski definition) is 0. The molecule has 156 valence electrons. The van der Waals surface area contributed by atoms with Crippen LogP contribution >= 0.6 is 31.9 Å². The summed E-state index contributed by atoms with van der Waals surface area (Å²) in [7, 11) is 0. The van der Waals surface area contributed by atoms with Crippen LogP contribution in [0.1, 0.15) is 41.5 Å². The molecule has 0 fully saturated rings. The van der Waals surface area contributed by atoms with Gasteiger partial charge < -0.3 is 0 Å². The van der Waals surface area contributed by atoms with Gasteiger partial charge in [-0.25, -0.2) is 30.7 Å². The Morgan fingerprint density at radius 1 is 0.793 bits per heavy atom. The van der Waals surface area contributed by atoms with E-state index in [1.165, 1.54) is 6.08 Å². The predicted molar refractivity (Wildman–Crippen MR) is 102 cm³/mol. The molecule has 29 heavy (non-hydrogen) atoms. The lowest BCUT2D eigenvalue weighted by Gasteiger charge is -2.26. The lowest BCUT2D eigenvalue weighted by Crippen LogP contribution is -2.24. The van der Waals surface area contributed by atoms with Crippen molar-refractivity contribution in [2.45, 2.75) is 38.0 Å². The van der Waals surface area contributed by atoms with Gasteiger partial charge in [-0.2, -0.15) is 0 Å². The molecule has 2 aromatic carbocycles. The Hall–Kier alpha value is -1.35. The first-order chi connectivity index (χ1) is 13.5. The van der Waals surface area contributed by atoms with E-state index in [9.17, 15) is 30.7 Å². The number of allylic oxidation sites excluding steroid dienone is 1. The van der Waals surface area contributed by atoms with Gasteiger partial charge in [0.05, 0.1) is 11.1 Å². The summed E-state index contributed by atoms with van der Waals surface area (Å²) in [6.07, 6.45) is 2.53. The Morgan fingerprint density at radius 2 is 1.38 bits per heavy atom. The van der Waals surface area contributed by atoms with Crippen LogP contribution in [0, 0.1) is 23.3 Å². The minimum Gasteiger partial charge on any atom is -0.207 e. The van der Waals surface area contributed by atoms with Crippen LogP contribution in [-0.4, -0.2) is 0 Å². The molecular formula is C20H13Br2F7. The molecule has 0 aromatic heterocycles.